The average molecular weight is 430 g/mol. The summed E-state index contributed by atoms with van der Waals surface area (Å²) in [5.41, 5.74) is -0.121. The summed E-state index contributed by atoms with van der Waals surface area (Å²) >= 11 is 23.9. The number of pyridine rings is 1. The number of hydrogen-bond acceptors (Lipinski definition) is 5. The number of esters is 1. The van der Waals surface area contributed by atoms with Crippen LogP contribution in [-0.2, 0) is 14.3 Å². The highest BCUT2D eigenvalue weighted by atomic mass is 35.5. The van der Waals surface area contributed by atoms with Crippen molar-refractivity contribution < 1.29 is 19.1 Å². The van der Waals surface area contributed by atoms with Gasteiger partial charge in [-0.2, -0.15) is 0 Å². The molecular weight excluding hydrogens is 414 g/mol. The highest BCUT2D eigenvalue weighted by Crippen LogP contribution is 2.36. The van der Waals surface area contributed by atoms with Crippen molar-refractivity contribution in [3.8, 4) is 0 Å². The summed E-state index contributed by atoms with van der Waals surface area (Å²) in [7, 11) is 1.28. The summed E-state index contributed by atoms with van der Waals surface area (Å²) in [5, 5.41) is -0.275. The molecule has 0 spiro atoms. The van der Waals surface area contributed by atoms with Gasteiger partial charge < -0.3 is 14.4 Å². The number of carbonyl (C=O) groups excluding carboxylic acids is 2. The van der Waals surface area contributed by atoms with Crippen LogP contribution in [0, 0.1) is 0 Å². The maximum Gasteiger partial charge on any atom is 0.307 e. The van der Waals surface area contributed by atoms with Gasteiger partial charge in [0.25, 0.3) is 5.91 Å². The molecule has 2 rings (SSSR count). The second-order valence-corrected chi connectivity index (χ2v) is 6.90. The first-order chi connectivity index (χ1) is 11.8. The molecule has 1 aromatic rings. The quantitative estimate of drug-likeness (QED) is 0.507. The molecule has 2 heterocycles. The first-order valence-corrected chi connectivity index (χ1v) is 9.04. The second-order valence-electron chi connectivity index (χ2n) is 5.41. The molecule has 0 aliphatic carbocycles. The van der Waals surface area contributed by atoms with Gasteiger partial charge >= 0.3 is 5.97 Å². The molecule has 1 fully saturated rings. The van der Waals surface area contributed by atoms with E-state index in [1.807, 2.05) is 0 Å². The maximum atomic E-state index is 12.9. The molecule has 0 aromatic carbocycles. The molecule has 1 unspecified atom stereocenters. The topological polar surface area (TPSA) is 68.7 Å². The molecule has 1 atom stereocenters. The van der Waals surface area contributed by atoms with Crippen LogP contribution in [0.5, 0.6) is 0 Å². The van der Waals surface area contributed by atoms with Gasteiger partial charge in [0.1, 0.15) is 10.8 Å². The average Bonchev–Trinajstić information content (AvgIpc) is 3.12. The highest BCUT2D eigenvalue weighted by molar-refractivity contribution is 6.52. The van der Waals surface area contributed by atoms with Gasteiger partial charge in [0.2, 0.25) is 0 Å². The lowest BCUT2D eigenvalue weighted by molar-refractivity contribution is -0.140. The van der Waals surface area contributed by atoms with Gasteiger partial charge in [-0.3, -0.25) is 9.59 Å². The number of ether oxygens (including phenoxy) is 2. The second kappa shape index (κ2) is 9.24. The molecule has 1 aromatic heterocycles. The van der Waals surface area contributed by atoms with E-state index in [1.165, 1.54) is 12.0 Å². The minimum absolute atomic E-state index is 0.0230. The molecule has 138 valence electrons. The molecule has 0 radical (unpaired) electrons. The number of nitrogens with zero attached hydrogens (tertiary/aromatic N) is 2. The van der Waals surface area contributed by atoms with E-state index in [9.17, 15) is 9.59 Å². The SMILES string of the molecule is COC(=O)CCN(CC1CCCO1)C(=O)c1nc(Cl)c(Cl)c(Cl)c1Cl. The minimum atomic E-state index is -0.509. The number of methoxy groups -OCH3 is 1. The molecule has 0 saturated carbocycles. The fourth-order valence-corrected chi connectivity index (χ4v) is 3.23. The first kappa shape index (κ1) is 20.5. The van der Waals surface area contributed by atoms with Gasteiger partial charge in [-0.25, -0.2) is 4.98 Å². The summed E-state index contributed by atoms with van der Waals surface area (Å²) in [6.45, 7) is 1.06. The zero-order valence-corrected chi connectivity index (χ0v) is 16.4. The Labute approximate surface area is 165 Å². The van der Waals surface area contributed by atoms with Gasteiger partial charge in [-0.15, -0.1) is 0 Å². The fourth-order valence-electron chi connectivity index (χ4n) is 2.42. The number of aromatic nitrogens is 1. The van der Waals surface area contributed by atoms with Gasteiger partial charge in [0.05, 0.1) is 34.7 Å². The molecular formula is C15H16Cl4N2O4. The third-order valence-corrected chi connectivity index (χ3v) is 5.41. The van der Waals surface area contributed by atoms with E-state index in [2.05, 4.69) is 9.72 Å². The van der Waals surface area contributed by atoms with Crippen molar-refractivity contribution in [3.63, 3.8) is 0 Å². The standard InChI is InChI=1S/C15H16Cl4N2O4/c1-24-9(22)4-5-21(7-8-3-2-6-25-8)15(23)13-11(17)10(16)12(18)14(19)20-13/h8H,2-7H2,1H3. The normalized spacial score (nSPS) is 16.8. The van der Waals surface area contributed by atoms with Gasteiger partial charge in [-0.1, -0.05) is 46.4 Å². The lowest BCUT2D eigenvalue weighted by atomic mass is 10.2. The molecule has 6 nitrogen and oxygen atoms in total. The van der Waals surface area contributed by atoms with Crippen molar-refractivity contribution in [2.45, 2.75) is 25.4 Å². The van der Waals surface area contributed by atoms with E-state index in [4.69, 9.17) is 51.1 Å². The van der Waals surface area contributed by atoms with Crippen molar-refractivity contribution >= 4 is 58.3 Å². The first-order valence-electron chi connectivity index (χ1n) is 7.52. The Balaban J connectivity index is 2.25. The van der Waals surface area contributed by atoms with E-state index < -0.39 is 11.9 Å². The maximum absolute atomic E-state index is 12.9. The summed E-state index contributed by atoms with van der Waals surface area (Å²) in [6.07, 6.45) is 1.66. The molecule has 1 saturated heterocycles. The predicted molar refractivity (Wildman–Crippen MR) is 95.8 cm³/mol. The summed E-state index contributed by atoms with van der Waals surface area (Å²) < 4.78 is 10.2. The molecule has 1 amide bonds. The monoisotopic (exact) mass is 428 g/mol. The molecule has 1 aliphatic heterocycles. The van der Waals surface area contributed by atoms with E-state index in [1.54, 1.807) is 0 Å². The van der Waals surface area contributed by atoms with E-state index >= 15 is 0 Å². The van der Waals surface area contributed by atoms with Crippen molar-refractivity contribution in [2.75, 3.05) is 26.8 Å². The Morgan fingerprint density at radius 3 is 2.56 bits per heavy atom. The molecule has 1 aliphatic rings. The summed E-state index contributed by atoms with van der Waals surface area (Å²) in [5.74, 6) is -0.943. The number of carbonyl (C=O) groups is 2. The van der Waals surface area contributed by atoms with Crippen LogP contribution < -0.4 is 0 Å². The van der Waals surface area contributed by atoms with Gasteiger partial charge in [0.15, 0.2) is 0 Å². The van der Waals surface area contributed by atoms with Crippen LogP contribution in [0.1, 0.15) is 29.8 Å². The van der Waals surface area contributed by atoms with Crippen LogP contribution >= 0.6 is 46.4 Å². The lowest BCUT2D eigenvalue weighted by Crippen LogP contribution is -2.39. The van der Waals surface area contributed by atoms with Crippen molar-refractivity contribution in [3.05, 3.63) is 25.9 Å². The van der Waals surface area contributed by atoms with Crippen LogP contribution in [0.4, 0.5) is 0 Å². The third-order valence-electron chi connectivity index (χ3n) is 3.74. The fraction of sp³-hybridized carbons (Fsp3) is 0.533. The molecule has 0 N–H and O–H groups in total. The highest BCUT2D eigenvalue weighted by Gasteiger charge is 2.28. The number of rotatable bonds is 6. The van der Waals surface area contributed by atoms with Crippen LogP contribution in [0.3, 0.4) is 0 Å². The van der Waals surface area contributed by atoms with Crippen molar-refractivity contribution in [2.24, 2.45) is 0 Å². The van der Waals surface area contributed by atoms with Crippen LogP contribution in [0.15, 0.2) is 0 Å². The number of hydrogen-bond donors (Lipinski definition) is 0. The van der Waals surface area contributed by atoms with Gasteiger partial charge in [-0.05, 0) is 12.8 Å². The van der Waals surface area contributed by atoms with E-state index in [0.29, 0.717) is 13.2 Å². The Morgan fingerprint density at radius 1 is 1.24 bits per heavy atom. The van der Waals surface area contributed by atoms with Crippen molar-refractivity contribution in [1.82, 2.24) is 9.88 Å². The summed E-state index contributed by atoms with van der Waals surface area (Å²) in [4.78, 5) is 29.7. The largest absolute Gasteiger partial charge is 0.469 e. The third kappa shape index (κ3) is 5.11. The summed E-state index contributed by atoms with van der Waals surface area (Å²) in [6, 6.07) is 0. The predicted octanol–water partition coefficient (Wildman–Crippen LogP) is 3.88. The molecule has 10 heteroatoms. The van der Waals surface area contributed by atoms with Crippen molar-refractivity contribution in [1.29, 1.82) is 0 Å². The number of amides is 1. The lowest BCUT2D eigenvalue weighted by Gasteiger charge is -2.25. The van der Waals surface area contributed by atoms with Crippen LogP contribution in [-0.4, -0.2) is 54.7 Å². The van der Waals surface area contributed by atoms with E-state index in [-0.39, 0.29) is 45.0 Å². The zero-order valence-electron chi connectivity index (χ0n) is 13.4. The Morgan fingerprint density at radius 2 is 1.96 bits per heavy atom. The molecule has 25 heavy (non-hydrogen) atoms. The minimum Gasteiger partial charge on any atom is -0.469 e. The Bertz CT molecular complexity index is 665. The number of halogens is 4. The Hall–Kier alpha value is -0.790. The smallest absolute Gasteiger partial charge is 0.307 e. The molecule has 0 bridgehead atoms. The zero-order chi connectivity index (χ0) is 18.6. The Kier molecular flexibility index (Phi) is 7.58. The van der Waals surface area contributed by atoms with Crippen LogP contribution in [0.25, 0.3) is 0 Å². The van der Waals surface area contributed by atoms with Crippen LogP contribution in [0.2, 0.25) is 20.2 Å². The van der Waals surface area contributed by atoms with E-state index in [0.717, 1.165) is 12.8 Å². The van der Waals surface area contributed by atoms with Gasteiger partial charge in [0, 0.05) is 19.7 Å².